The molecule has 1 rings (SSSR count). The second-order valence-electron chi connectivity index (χ2n) is 3.63. The van der Waals surface area contributed by atoms with E-state index >= 15 is 0 Å². The number of hydrogen-bond donors (Lipinski definition) is 1. The summed E-state index contributed by atoms with van der Waals surface area (Å²) in [7, 11) is 1.49. The van der Waals surface area contributed by atoms with Gasteiger partial charge in [-0.05, 0) is 29.8 Å². The summed E-state index contributed by atoms with van der Waals surface area (Å²) in [6, 6.07) is 0. The maximum Gasteiger partial charge on any atom is 0.313 e. The molecule has 0 saturated carbocycles. The van der Waals surface area contributed by atoms with Crippen LogP contribution < -0.4 is 4.74 Å². The van der Waals surface area contributed by atoms with Crippen molar-refractivity contribution in [2.24, 2.45) is 0 Å². The van der Waals surface area contributed by atoms with Crippen LogP contribution in [-0.4, -0.2) is 23.2 Å². The number of methoxy groups -OCH3 is 1. The Labute approximate surface area is 96.4 Å². The molecule has 82 valence electrons. The summed E-state index contributed by atoms with van der Waals surface area (Å²) in [4.78, 5) is 15.1. The summed E-state index contributed by atoms with van der Waals surface area (Å²) >= 11 is 3.29. The molecule has 0 unspecified atom stereocenters. The van der Waals surface area contributed by atoms with Crippen molar-refractivity contribution < 1.29 is 14.6 Å². The zero-order valence-electron chi connectivity index (χ0n) is 8.74. The van der Waals surface area contributed by atoms with E-state index < -0.39 is 11.4 Å². The highest BCUT2D eigenvalue weighted by Gasteiger charge is 2.34. The van der Waals surface area contributed by atoms with E-state index in [-0.39, 0.29) is 0 Å². The summed E-state index contributed by atoms with van der Waals surface area (Å²) < 4.78 is 5.74. The molecule has 0 amide bonds. The fraction of sp³-hybridized carbons (Fsp3) is 0.400. The van der Waals surface area contributed by atoms with E-state index in [2.05, 4.69) is 20.9 Å². The van der Waals surface area contributed by atoms with Gasteiger partial charge in [0.05, 0.1) is 18.7 Å². The molecule has 0 aromatic carbocycles. The lowest BCUT2D eigenvalue weighted by Crippen LogP contribution is -2.29. The van der Waals surface area contributed by atoms with E-state index in [0.717, 1.165) is 0 Å². The fourth-order valence-corrected chi connectivity index (χ4v) is 2.09. The van der Waals surface area contributed by atoms with Crippen LogP contribution in [0.15, 0.2) is 16.9 Å². The van der Waals surface area contributed by atoms with Crippen molar-refractivity contribution in [2.75, 3.05) is 7.11 Å². The van der Waals surface area contributed by atoms with Crippen molar-refractivity contribution in [1.29, 1.82) is 0 Å². The molecule has 1 aromatic heterocycles. The number of carbonyl (C=O) groups is 1. The number of carboxylic acids is 1. The Morgan fingerprint density at radius 1 is 1.53 bits per heavy atom. The smallest absolute Gasteiger partial charge is 0.313 e. The van der Waals surface area contributed by atoms with Crippen LogP contribution in [-0.2, 0) is 10.2 Å². The standard InChI is InChI=1S/C10H12BrNO3/c1-10(2,9(13)14)8-6(11)4-12-5-7(8)15-3/h4-5H,1-3H3,(H,13,14). The number of rotatable bonds is 3. The number of nitrogens with zero attached hydrogens (tertiary/aromatic N) is 1. The Morgan fingerprint density at radius 3 is 2.60 bits per heavy atom. The van der Waals surface area contributed by atoms with Crippen LogP contribution in [0.4, 0.5) is 0 Å². The summed E-state index contributed by atoms with van der Waals surface area (Å²) in [5.41, 5.74) is -0.430. The van der Waals surface area contributed by atoms with Crippen molar-refractivity contribution in [1.82, 2.24) is 4.98 Å². The normalized spacial score (nSPS) is 11.2. The summed E-state index contributed by atoms with van der Waals surface area (Å²) in [6.07, 6.45) is 3.06. The van der Waals surface area contributed by atoms with Gasteiger partial charge in [0.25, 0.3) is 0 Å². The van der Waals surface area contributed by atoms with Gasteiger partial charge in [-0.15, -0.1) is 0 Å². The molecule has 0 aliphatic heterocycles. The van der Waals surface area contributed by atoms with Crippen molar-refractivity contribution in [3.63, 3.8) is 0 Å². The van der Waals surface area contributed by atoms with E-state index in [1.807, 2.05) is 0 Å². The molecule has 0 spiro atoms. The van der Waals surface area contributed by atoms with Gasteiger partial charge in [-0.3, -0.25) is 9.78 Å². The average molecular weight is 274 g/mol. The monoisotopic (exact) mass is 273 g/mol. The summed E-state index contributed by atoms with van der Waals surface area (Å²) in [6.45, 7) is 3.25. The number of ether oxygens (including phenoxy) is 1. The third-order valence-corrected chi connectivity index (χ3v) is 2.85. The zero-order valence-corrected chi connectivity index (χ0v) is 10.3. The number of halogens is 1. The summed E-state index contributed by atoms with van der Waals surface area (Å²) in [5, 5.41) is 9.14. The lowest BCUT2D eigenvalue weighted by atomic mass is 9.85. The van der Waals surface area contributed by atoms with Crippen LogP contribution in [0, 0.1) is 0 Å². The fourth-order valence-electron chi connectivity index (χ4n) is 1.29. The third-order valence-electron chi connectivity index (χ3n) is 2.24. The molecule has 4 nitrogen and oxygen atoms in total. The van der Waals surface area contributed by atoms with Gasteiger partial charge < -0.3 is 9.84 Å². The average Bonchev–Trinajstić information content (AvgIpc) is 2.16. The molecule has 1 aromatic rings. The second kappa shape index (κ2) is 4.18. The first-order valence-electron chi connectivity index (χ1n) is 4.32. The molecule has 5 heteroatoms. The van der Waals surface area contributed by atoms with Gasteiger partial charge in [0.2, 0.25) is 0 Å². The number of pyridine rings is 1. The predicted molar refractivity (Wildman–Crippen MR) is 59.2 cm³/mol. The van der Waals surface area contributed by atoms with Gasteiger partial charge in [-0.1, -0.05) is 0 Å². The lowest BCUT2D eigenvalue weighted by Gasteiger charge is -2.23. The topological polar surface area (TPSA) is 59.4 Å². The summed E-state index contributed by atoms with van der Waals surface area (Å²) in [5.74, 6) is -0.440. The van der Waals surface area contributed by atoms with E-state index in [9.17, 15) is 4.79 Å². The van der Waals surface area contributed by atoms with Gasteiger partial charge in [0, 0.05) is 16.2 Å². The highest BCUT2D eigenvalue weighted by atomic mass is 79.9. The molecule has 0 atom stereocenters. The van der Waals surface area contributed by atoms with Crippen LogP contribution in [0.25, 0.3) is 0 Å². The minimum Gasteiger partial charge on any atom is -0.495 e. The van der Waals surface area contributed by atoms with E-state index in [1.54, 1.807) is 20.0 Å². The van der Waals surface area contributed by atoms with Gasteiger partial charge in [-0.2, -0.15) is 0 Å². The van der Waals surface area contributed by atoms with Gasteiger partial charge in [0.1, 0.15) is 5.75 Å². The quantitative estimate of drug-likeness (QED) is 0.918. The van der Waals surface area contributed by atoms with Crippen molar-refractivity contribution in [2.45, 2.75) is 19.3 Å². The highest BCUT2D eigenvalue weighted by Crippen LogP contribution is 2.36. The Kier molecular flexibility index (Phi) is 3.34. The number of carboxylic acid groups (broad SMARTS) is 1. The van der Waals surface area contributed by atoms with Gasteiger partial charge in [-0.25, -0.2) is 0 Å². The van der Waals surface area contributed by atoms with E-state index in [4.69, 9.17) is 9.84 Å². The molecule has 15 heavy (non-hydrogen) atoms. The molecule has 1 N–H and O–H groups in total. The second-order valence-corrected chi connectivity index (χ2v) is 4.48. The molecule has 0 radical (unpaired) electrons. The Hall–Kier alpha value is -1.10. The Balaban J connectivity index is 3.41. The third kappa shape index (κ3) is 2.12. The first-order valence-corrected chi connectivity index (χ1v) is 5.12. The number of aromatic nitrogens is 1. The van der Waals surface area contributed by atoms with Crippen LogP contribution >= 0.6 is 15.9 Å². The highest BCUT2D eigenvalue weighted by molar-refractivity contribution is 9.10. The first-order chi connectivity index (χ1) is 6.91. The minimum absolute atomic E-state index is 0.469. The van der Waals surface area contributed by atoms with Crippen molar-refractivity contribution in [3.8, 4) is 5.75 Å². The van der Waals surface area contributed by atoms with Gasteiger partial charge >= 0.3 is 5.97 Å². The van der Waals surface area contributed by atoms with Crippen LogP contribution in [0.2, 0.25) is 0 Å². The Morgan fingerprint density at radius 2 is 2.13 bits per heavy atom. The van der Waals surface area contributed by atoms with Crippen molar-refractivity contribution in [3.05, 3.63) is 22.4 Å². The van der Waals surface area contributed by atoms with E-state index in [1.165, 1.54) is 13.3 Å². The van der Waals surface area contributed by atoms with Crippen LogP contribution in [0.3, 0.4) is 0 Å². The Bertz CT molecular complexity index is 390. The number of hydrogen-bond acceptors (Lipinski definition) is 3. The molecule has 1 heterocycles. The van der Waals surface area contributed by atoms with E-state index in [0.29, 0.717) is 15.8 Å². The molecular weight excluding hydrogens is 262 g/mol. The first kappa shape index (κ1) is 12.0. The van der Waals surface area contributed by atoms with Crippen LogP contribution in [0.5, 0.6) is 5.75 Å². The van der Waals surface area contributed by atoms with Crippen molar-refractivity contribution >= 4 is 21.9 Å². The minimum atomic E-state index is -1.02. The molecule has 0 bridgehead atoms. The molecule has 0 aliphatic carbocycles. The largest absolute Gasteiger partial charge is 0.495 e. The molecule has 0 aliphatic rings. The maximum atomic E-state index is 11.1. The lowest BCUT2D eigenvalue weighted by molar-refractivity contribution is -0.142. The SMILES string of the molecule is COc1cncc(Br)c1C(C)(C)C(=O)O. The molecule has 0 fully saturated rings. The number of aliphatic carboxylic acids is 1. The predicted octanol–water partition coefficient (Wildman–Crippen LogP) is 2.21. The molecular formula is C10H12BrNO3. The zero-order chi connectivity index (χ0) is 11.6. The maximum absolute atomic E-state index is 11.1. The van der Waals surface area contributed by atoms with Crippen LogP contribution in [0.1, 0.15) is 19.4 Å². The van der Waals surface area contributed by atoms with Gasteiger partial charge in [0.15, 0.2) is 0 Å². The molecule has 0 saturated heterocycles.